The van der Waals surface area contributed by atoms with Crippen molar-refractivity contribution >= 4 is 39.6 Å². The molecule has 31 heteroatoms. The van der Waals surface area contributed by atoms with Gasteiger partial charge >= 0.3 is 0 Å². The van der Waals surface area contributed by atoms with Gasteiger partial charge in [0.1, 0.15) is 22.4 Å². The molecule has 15 fully saturated rings. The first-order valence-electron chi connectivity index (χ1n) is 51.7. The van der Waals surface area contributed by atoms with E-state index in [4.69, 9.17) is 20.9 Å². The molecule has 0 aliphatic carbocycles. The van der Waals surface area contributed by atoms with Crippen LogP contribution in [-0.4, -0.2) is 358 Å². The van der Waals surface area contributed by atoms with E-state index in [9.17, 15) is 0 Å². The van der Waals surface area contributed by atoms with Gasteiger partial charge in [-0.15, -0.1) is 16.4 Å². The van der Waals surface area contributed by atoms with Crippen molar-refractivity contribution in [2.24, 2.45) is 14.1 Å². The number of piperidine rings is 7. The van der Waals surface area contributed by atoms with Gasteiger partial charge in [0.25, 0.3) is 0 Å². The molecule has 7 aromatic heterocycles. The molecule has 136 heavy (non-hydrogen) atoms. The predicted octanol–water partition coefficient (Wildman–Crippen LogP) is 15.6. The highest BCUT2D eigenvalue weighted by molar-refractivity contribution is 7.15. The Morgan fingerprint density at radius 1 is 0.434 bits per heavy atom. The summed E-state index contributed by atoms with van der Waals surface area (Å²) in [6.45, 7) is 85.4. The second-order valence-corrected chi connectivity index (χ2v) is 52.4. The van der Waals surface area contributed by atoms with E-state index in [1.54, 1.807) is 7.11 Å². The Kier molecular flexibility index (Phi) is 32.1. The van der Waals surface area contributed by atoms with Crippen molar-refractivity contribution in [2.45, 2.75) is 413 Å². The molecule has 758 valence electrons. The zero-order valence-corrected chi connectivity index (χ0v) is 92.3. The first-order valence-corrected chi connectivity index (χ1v) is 53.8. The van der Waals surface area contributed by atoms with Crippen LogP contribution in [0.5, 0.6) is 5.88 Å². The molecule has 0 spiro atoms. The molecule has 14 atom stereocenters. The van der Waals surface area contributed by atoms with Crippen LogP contribution >= 0.6 is 34.5 Å². The molecule has 15 aliphatic rings. The van der Waals surface area contributed by atoms with Gasteiger partial charge in [-0.05, 0) is 241 Å². The Labute approximate surface area is 832 Å². The van der Waals surface area contributed by atoms with Crippen molar-refractivity contribution in [3.63, 3.8) is 0 Å². The van der Waals surface area contributed by atoms with Gasteiger partial charge in [0.15, 0.2) is 5.13 Å². The predicted molar refractivity (Wildman–Crippen MR) is 555 cm³/mol. The fraction of sp³-hybridized carbons (Fsp3) is 0.790. The number of pyridine rings is 1. The quantitative estimate of drug-likeness (QED) is 0.0788. The summed E-state index contributed by atoms with van der Waals surface area (Å²) in [5.74, 6) is 4.24. The largest absolute Gasteiger partial charge is 0.480 e. The Hall–Kier alpha value is -5.49. The maximum Gasteiger partial charge on any atom is 0.232 e. The SMILES string of the molecule is CC(C)(C)N1CC2CC(C1)N2Cc1csnn1.CC(C)c1cc(CN2C3CC2CN(C(C)(C)C)C3)no1.CC(C)n1cc(CN2C3CC2CN(C(C)(C)C)C3)cn1.CN(C)c1ncc(CN2C3CC2CN(C(C)(C)C)C3)s1.COc1ncc(CN2C3CC2CN(C(C)(C)C)C3)cc1Cl.Cc1cnc(CN2C3CC2CN(C(C)(C)C)C3)n1C.Cc1nc(CN2C3CC2CN(C(C)(C)C)C3)cn1C. The highest BCUT2D eigenvalue weighted by Crippen LogP contribution is 2.45. The van der Waals surface area contributed by atoms with Crippen LogP contribution in [0.3, 0.4) is 0 Å². The monoisotopic (exact) mass is 1930 g/mol. The number of fused-ring (bicyclic) bond motifs is 14. The van der Waals surface area contributed by atoms with Crippen LogP contribution in [0.4, 0.5) is 5.13 Å². The minimum absolute atomic E-state index is 0.272. The molecule has 14 bridgehead atoms. The Morgan fingerprint density at radius 2 is 0.801 bits per heavy atom. The number of halogens is 1. The van der Waals surface area contributed by atoms with Crippen molar-refractivity contribution in [3.8, 4) is 5.88 Å². The molecule has 15 saturated heterocycles. The maximum absolute atomic E-state index is 6.16. The number of hydrogen-bond donors (Lipinski definition) is 0. The molecular formula is C105H177ClN26O2S2. The third-order valence-corrected chi connectivity index (χ3v) is 34.6. The van der Waals surface area contributed by atoms with Crippen LogP contribution in [0.15, 0.2) is 59.2 Å². The average Bonchev–Trinajstić information content (AvgIpc) is 1.14. The van der Waals surface area contributed by atoms with Crippen LogP contribution in [0.25, 0.3) is 0 Å². The highest BCUT2D eigenvalue weighted by Gasteiger charge is 2.54. The Balaban J connectivity index is 0.000000121. The lowest BCUT2D eigenvalue weighted by molar-refractivity contribution is -0.101. The average molecular weight is 1940 g/mol. The van der Waals surface area contributed by atoms with Crippen LogP contribution in [-0.2, 0) is 59.9 Å². The van der Waals surface area contributed by atoms with Crippen LogP contribution in [0.2, 0.25) is 5.02 Å². The van der Waals surface area contributed by atoms with Crippen molar-refractivity contribution in [2.75, 3.05) is 118 Å². The summed E-state index contributed by atoms with van der Waals surface area (Å²) in [4.78, 5) is 58.2. The molecule has 0 aromatic carbocycles. The summed E-state index contributed by atoms with van der Waals surface area (Å²) in [7, 11) is 9.90. The number of methoxy groups -OCH3 is 1. The summed E-state index contributed by atoms with van der Waals surface area (Å²) in [5.41, 5.74) is 9.33. The normalized spacial score (nSPS) is 28.1. The molecule has 15 aliphatic heterocycles. The second kappa shape index (κ2) is 41.7. The maximum atomic E-state index is 6.16. The number of anilines is 1. The van der Waals surface area contributed by atoms with E-state index < -0.39 is 0 Å². The minimum atomic E-state index is 0.272. The summed E-state index contributed by atoms with van der Waals surface area (Å²) in [6, 6.07) is 14.7. The molecule has 14 unspecified atom stereocenters. The second-order valence-electron chi connectivity index (χ2n) is 50.3. The van der Waals surface area contributed by atoms with E-state index in [1.807, 2.05) is 36.0 Å². The molecule has 0 radical (unpaired) electrons. The molecule has 28 nitrogen and oxygen atoms in total. The van der Waals surface area contributed by atoms with Gasteiger partial charge in [-0.1, -0.05) is 35.1 Å². The van der Waals surface area contributed by atoms with E-state index in [2.05, 4.69) is 372 Å². The summed E-state index contributed by atoms with van der Waals surface area (Å²) in [5, 5.41) is 16.6. The molecule has 0 saturated carbocycles. The van der Waals surface area contributed by atoms with Crippen LogP contribution < -0.4 is 9.64 Å². The van der Waals surface area contributed by atoms with Crippen molar-refractivity contribution < 1.29 is 9.26 Å². The third-order valence-electron chi connectivity index (χ3n) is 32.7. The van der Waals surface area contributed by atoms with Gasteiger partial charge in [0, 0.05) is 353 Å². The number of aromatic nitrogens is 11. The van der Waals surface area contributed by atoms with Gasteiger partial charge in [0.2, 0.25) is 5.88 Å². The number of rotatable bonds is 18. The number of likely N-dealkylation sites (tertiary alicyclic amines) is 12. The number of ether oxygens (including phenoxy) is 1. The third kappa shape index (κ3) is 24.8. The molecule has 0 amide bonds. The fourth-order valence-corrected chi connectivity index (χ4v) is 24.7. The highest BCUT2D eigenvalue weighted by atomic mass is 35.5. The molecule has 22 heterocycles. The lowest BCUT2D eigenvalue weighted by atomic mass is 9.84. The molecular weight excluding hydrogens is 1760 g/mol. The summed E-state index contributed by atoms with van der Waals surface area (Å²) in [6.07, 6.45) is 21.9. The lowest BCUT2D eigenvalue weighted by Gasteiger charge is -2.59. The Morgan fingerprint density at radius 3 is 1.10 bits per heavy atom. The van der Waals surface area contributed by atoms with Crippen molar-refractivity contribution in [1.82, 2.24) is 122 Å². The first kappa shape index (κ1) is 105. The minimum Gasteiger partial charge on any atom is -0.480 e. The molecule has 22 rings (SSSR count). The lowest BCUT2D eigenvalue weighted by Crippen LogP contribution is -2.70. The molecule has 0 N–H and O–H groups in total. The van der Waals surface area contributed by atoms with E-state index in [1.165, 1.54) is 168 Å². The Bertz CT molecular complexity index is 4690. The van der Waals surface area contributed by atoms with Gasteiger partial charge < -0.3 is 23.3 Å². The van der Waals surface area contributed by atoms with Crippen molar-refractivity contribution in [1.29, 1.82) is 0 Å². The fourth-order valence-electron chi connectivity index (χ4n) is 23.1. The topological polar surface area (TPSA) is 189 Å². The van der Waals surface area contributed by atoms with Crippen LogP contribution in [0.1, 0.15) is 286 Å². The van der Waals surface area contributed by atoms with Gasteiger partial charge in [-0.3, -0.25) is 73.3 Å². The zero-order chi connectivity index (χ0) is 98.3. The molecule has 7 aromatic rings. The van der Waals surface area contributed by atoms with Gasteiger partial charge in [-0.2, -0.15) is 5.10 Å². The van der Waals surface area contributed by atoms with E-state index >= 15 is 0 Å². The van der Waals surface area contributed by atoms with Crippen LogP contribution in [0, 0.1) is 13.8 Å². The number of hydrogen-bond acceptors (Lipinski definition) is 27. The van der Waals surface area contributed by atoms with Crippen molar-refractivity contribution in [3.05, 3.63) is 116 Å². The number of thiazole rings is 1. The van der Waals surface area contributed by atoms with Gasteiger partial charge in [0.05, 0.1) is 36.9 Å². The smallest absolute Gasteiger partial charge is 0.232 e. The van der Waals surface area contributed by atoms with E-state index in [-0.39, 0.29) is 5.54 Å². The zero-order valence-electron chi connectivity index (χ0n) is 89.9. The van der Waals surface area contributed by atoms with E-state index in [0.29, 0.717) is 80.3 Å². The standard InChI is InChI=1S/C16H24ClN3O.C16H28N4.C16H27N3O.C15H26N4S.2C15H26N4.C12H20N4S/c1-16(2,3)19-9-12-6-13(10-19)20(12)8-11-5-14(17)15(21-4)18-7-11;1-12(2)20-9-13(7-17-20)8-19-14-6-15(19)11-18(10-14)16(3,4)5;1-11(2)15-6-12(17-20-15)8-19-13-7-14(19)10-18(9-13)16(3,4)5;1-15(2,3)18-8-11-6-12(9-18)19(11)10-13-7-16-14(20-13)17(4)5;1-11-16-12(7-17(11)5)8-19-13-6-14(19)10-18(9-13)15(2,3)4;1-11-7-16-14(17(11)5)10-19-12-6-13(19)9-18(8-12)15(2,3)4;1-12(2,3)15-6-10-4-11(7-15)16(10)5-9-8-17-14-13-9/h5,7,12-13H,6,8-10H2,1-4H3;7,9,12,14-15H,6,8,10-11H2,1-5H3;6,11,13-14H,7-10H2,1-5H3;7,11-12H,6,8-10H2,1-5H3;7,13-14H,6,8-10H2,1-5H3;7,12-13H,6,8-10H2,1-5H3;8,10-11H,4-7H2,1-3H3. The van der Waals surface area contributed by atoms with E-state index in [0.717, 1.165) is 147 Å². The summed E-state index contributed by atoms with van der Waals surface area (Å²) >= 11 is 9.44. The number of nitrogens with zero attached hydrogens (tertiary/aromatic N) is 26. The number of aryl methyl sites for hydroxylation is 3. The van der Waals surface area contributed by atoms with Gasteiger partial charge in [-0.25, -0.2) is 19.9 Å². The number of piperazine rings is 7. The number of imidazole rings is 2. The first-order chi connectivity index (χ1) is 63.6. The summed E-state index contributed by atoms with van der Waals surface area (Å²) < 4.78 is 20.8.